The number of halogens is 2. The fraction of sp³-hybridized carbons (Fsp3) is 0.167. The minimum Gasteiger partial charge on any atom is -0.480 e. The van der Waals surface area contributed by atoms with Gasteiger partial charge in [0.15, 0.2) is 0 Å². The van der Waals surface area contributed by atoms with Crippen LogP contribution in [0.15, 0.2) is 29.0 Å². The van der Waals surface area contributed by atoms with E-state index in [1.165, 1.54) is 12.4 Å². The lowest BCUT2D eigenvalue weighted by Crippen LogP contribution is -2.03. The summed E-state index contributed by atoms with van der Waals surface area (Å²) in [6.07, 6.45) is 2.96. The first-order chi connectivity index (χ1) is 10.0. The molecule has 2 aromatic rings. The molecule has 9 heteroatoms. The molecule has 0 atom stereocenters. The quantitative estimate of drug-likeness (QED) is 0.654. The molecule has 7 nitrogen and oxygen atoms in total. The lowest BCUT2D eigenvalue weighted by atomic mass is 10.3. The Morgan fingerprint density at radius 2 is 2.19 bits per heavy atom. The molecule has 0 amide bonds. The van der Waals surface area contributed by atoms with Crippen LogP contribution >= 0.6 is 15.9 Å². The Morgan fingerprint density at radius 3 is 2.76 bits per heavy atom. The smallest absolute Gasteiger partial charge is 0.312 e. The van der Waals surface area contributed by atoms with Gasteiger partial charge >= 0.3 is 5.69 Å². The first kappa shape index (κ1) is 15.1. The number of aromatic nitrogens is 2. The van der Waals surface area contributed by atoms with E-state index in [9.17, 15) is 14.5 Å². The molecule has 0 radical (unpaired) electrons. The molecular formula is C12H10BrFN4O3. The normalized spacial score (nSPS) is 10.2. The van der Waals surface area contributed by atoms with Crippen LogP contribution in [0, 0.1) is 15.9 Å². The second-order valence-corrected chi connectivity index (χ2v) is 4.78. The van der Waals surface area contributed by atoms with Gasteiger partial charge in [0, 0.05) is 19.2 Å². The van der Waals surface area contributed by atoms with Crippen LogP contribution in [0.2, 0.25) is 0 Å². The fourth-order valence-corrected chi connectivity index (χ4v) is 1.82. The highest BCUT2D eigenvalue weighted by atomic mass is 79.9. The van der Waals surface area contributed by atoms with E-state index in [1.54, 1.807) is 7.05 Å². The number of rotatable bonds is 5. The summed E-state index contributed by atoms with van der Waals surface area (Å²) in [7, 11) is 1.70. The number of benzene rings is 1. The summed E-state index contributed by atoms with van der Waals surface area (Å²) in [6, 6.07) is 2.01. The van der Waals surface area contributed by atoms with Gasteiger partial charge in [-0.2, -0.15) is 0 Å². The van der Waals surface area contributed by atoms with Gasteiger partial charge in [0.2, 0.25) is 5.75 Å². The molecule has 1 aromatic heterocycles. The minimum absolute atomic E-state index is 0.000264. The average molecular weight is 357 g/mol. The SMILES string of the molecule is CNc1cnc(COc2cc(F)c(Br)cc2[N+](=O)[O-])cn1. The summed E-state index contributed by atoms with van der Waals surface area (Å²) in [5.41, 5.74) is 0.134. The predicted molar refractivity (Wildman–Crippen MR) is 76.7 cm³/mol. The number of anilines is 1. The van der Waals surface area contributed by atoms with Crippen molar-refractivity contribution in [3.8, 4) is 5.75 Å². The van der Waals surface area contributed by atoms with Crippen molar-refractivity contribution in [1.82, 2.24) is 9.97 Å². The molecule has 0 aliphatic rings. The zero-order chi connectivity index (χ0) is 15.4. The van der Waals surface area contributed by atoms with Crippen LogP contribution in [-0.4, -0.2) is 21.9 Å². The van der Waals surface area contributed by atoms with Crippen molar-refractivity contribution in [2.45, 2.75) is 6.61 Å². The van der Waals surface area contributed by atoms with Crippen LogP contribution < -0.4 is 10.1 Å². The van der Waals surface area contributed by atoms with Gasteiger partial charge < -0.3 is 10.1 Å². The van der Waals surface area contributed by atoms with Crippen LogP contribution in [0.3, 0.4) is 0 Å². The monoisotopic (exact) mass is 356 g/mol. The second-order valence-electron chi connectivity index (χ2n) is 3.92. The van der Waals surface area contributed by atoms with Crippen molar-refractivity contribution in [1.29, 1.82) is 0 Å². The average Bonchev–Trinajstić information content (AvgIpc) is 2.48. The highest BCUT2D eigenvalue weighted by Gasteiger charge is 2.19. The maximum Gasteiger partial charge on any atom is 0.312 e. The van der Waals surface area contributed by atoms with Crippen LogP contribution in [0.25, 0.3) is 0 Å². The summed E-state index contributed by atoms with van der Waals surface area (Å²) >= 11 is 2.90. The predicted octanol–water partition coefficient (Wildman–Crippen LogP) is 2.91. The summed E-state index contributed by atoms with van der Waals surface area (Å²) in [5.74, 6) is -0.230. The van der Waals surface area contributed by atoms with Gasteiger partial charge in [-0.25, -0.2) is 9.37 Å². The van der Waals surface area contributed by atoms with Crippen LogP contribution in [0.1, 0.15) is 5.69 Å². The van der Waals surface area contributed by atoms with E-state index in [2.05, 4.69) is 31.2 Å². The third kappa shape index (κ3) is 3.63. The van der Waals surface area contributed by atoms with E-state index in [-0.39, 0.29) is 22.5 Å². The van der Waals surface area contributed by atoms with Gasteiger partial charge in [-0.1, -0.05) is 0 Å². The number of hydrogen-bond donors (Lipinski definition) is 1. The molecule has 2 rings (SSSR count). The summed E-state index contributed by atoms with van der Waals surface area (Å²) in [5, 5.41) is 13.7. The van der Waals surface area contributed by atoms with Crippen molar-refractivity contribution in [3.63, 3.8) is 0 Å². The molecule has 21 heavy (non-hydrogen) atoms. The van der Waals surface area contributed by atoms with Crippen molar-refractivity contribution in [3.05, 3.63) is 50.6 Å². The van der Waals surface area contributed by atoms with Gasteiger partial charge in [-0.15, -0.1) is 0 Å². The fourth-order valence-electron chi connectivity index (χ4n) is 1.49. The lowest BCUT2D eigenvalue weighted by Gasteiger charge is -2.07. The summed E-state index contributed by atoms with van der Waals surface area (Å²) in [4.78, 5) is 18.4. The molecule has 0 spiro atoms. The largest absolute Gasteiger partial charge is 0.480 e. The van der Waals surface area contributed by atoms with Crippen molar-refractivity contribution in [2.75, 3.05) is 12.4 Å². The second kappa shape index (κ2) is 6.44. The number of nitrogens with zero attached hydrogens (tertiary/aromatic N) is 3. The van der Waals surface area contributed by atoms with Crippen molar-refractivity contribution < 1.29 is 14.1 Å². The number of nitro benzene ring substituents is 1. The van der Waals surface area contributed by atoms with E-state index in [4.69, 9.17) is 4.74 Å². The first-order valence-electron chi connectivity index (χ1n) is 5.76. The Kier molecular flexibility index (Phi) is 4.63. The molecule has 0 bridgehead atoms. The number of hydrogen-bond acceptors (Lipinski definition) is 6. The standard InChI is InChI=1S/C12H10BrFN4O3/c1-15-12-5-16-7(4-17-12)6-21-11-3-9(14)8(13)2-10(11)18(19)20/h2-5H,6H2,1H3,(H,15,17). The van der Waals surface area contributed by atoms with Gasteiger partial charge in [-0.3, -0.25) is 15.1 Å². The molecule has 110 valence electrons. The third-order valence-corrected chi connectivity index (χ3v) is 3.14. The van der Waals surface area contributed by atoms with Crippen LogP contribution in [0.5, 0.6) is 5.75 Å². The zero-order valence-electron chi connectivity index (χ0n) is 10.8. The van der Waals surface area contributed by atoms with Crippen LogP contribution in [0.4, 0.5) is 15.9 Å². The zero-order valence-corrected chi connectivity index (χ0v) is 12.4. The van der Waals surface area contributed by atoms with Crippen molar-refractivity contribution >= 4 is 27.4 Å². The molecule has 0 saturated carbocycles. The molecule has 1 aromatic carbocycles. The highest BCUT2D eigenvalue weighted by molar-refractivity contribution is 9.10. The molecule has 0 aliphatic heterocycles. The minimum atomic E-state index is -0.646. The van der Waals surface area contributed by atoms with E-state index in [0.717, 1.165) is 12.1 Å². The molecule has 0 saturated heterocycles. The van der Waals surface area contributed by atoms with Gasteiger partial charge in [0.05, 0.1) is 27.5 Å². The third-order valence-electron chi connectivity index (χ3n) is 2.54. The molecule has 0 aliphatic carbocycles. The maximum atomic E-state index is 13.5. The number of nitrogens with one attached hydrogen (secondary N) is 1. The number of nitro groups is 1. The Labute approximate surface area is 127 Å². The first-order valence-corrected chi connectivity index (χ1v) is 6.55. The Bertz CT molecular complexity index is 666. The van der Waals surface area contributed by atoms with Gasteiger partial charge in [0.25, 0.3) is 0 Å². The van der Waals surface area contributed by atoms with Crippen LogP contribution in [-0.2, 0) is 6.61 Å². The molecule has 0 unspecified atom stereocenters. The lowest BCUT2D eigenvalue weighted by molar-refractivity contribution is -0.386. The maximum absolute atomic E-state index is 13.5. The van der Waals surface area contributed by atoms with Crippen molar-refractivity contribution in [2.24, 2.45) is 0 Å². The molecular weight excluding hydrogens is 347 g/mol. The highest BCUT2D eigenvalue weighted by Crippen LogP contribution is 2.32. The summed E-state index contributed by atoms with van der Waals surface area (Å²) in [6.45, 7) is -0.0566. The Morgan fingerprint density at radius 1 is 1.43 bits per heavy atom. The topological polar surface area (TPSA) is 90.2 Å². The number of ether oxygens (including phenoxy) is 1. The van der Waals surface area contributed by atoms with Gasteiger partial charge in [0.1, 0.15) is 18.2 Å². The molecule has 0 fully saturated rings. The van der Waals surface area contributed by atoms with E-state index in [1.807, 2.05) is 0 Å². The summed E-state index contributed by atoms with van der Waals surface area (Å²) < 4.78 is 18.7. The van der Waals surface area contributed by atoms with Gasteiger partial charge in [-0.05, 0) is 15.9 Å². The molecule has 1 heterocycles. The van der Waals surface area contributed by atoms with E-state index >= 15 is 0 Å². The van der Waals surface area contributed by atoms with E-state index < -0.39 is 10.7 Å². The molecule has 1 N–H and O–H groups in total. The Hall–Kier alpha value is -2.29. The van der Waals surface area contributed by atoms with E-state index in [0.29, 0.717) is 11.5 Å². The Balaban J connectivity index is 2.18.